The number of methoxy groups -OCH3 is 2. The summed E-state index contributed by atoms with van der Waals surface area (Å²) in [6.07, 6.45) is 0.524. The van der Waals surface area contributed by atoms with Crippen molar-refractivity contribution >= 4 is 40.6 Å². The Labute approximate surface area is 321 Å². The number of hydrogen-bond donors (Lipinski definition) is 1. The largest absolute Gasteiger partial charge is 0.497 e. The number of benzene rings is 4. The van der Waals surface area contributed by atoms with Crippen molar-refractivity contribution in [3.63, 3.8) is 0 Å². The van der Waals surface area contributed by atoms with E-state index in [1.807, 2.05) is 83.8 Å². The molecule has 1 heterocycles. The van der Waals surface area contributed by atoms with Crippen molar-refractivity contribution in [1.29, 1.82) is 0 Å². The number of carbonyl (C=O) groups is 2. The van der Waals surface area contributed by atoms with E-state index in [9.17, 15) is 18.0 Å². The molecular weight excluding hydrogens is 721 g/mol. The normalized spacial score (nSPS) is 16.1. The van der Waals surface area contributed by atoms with Crippen LogP contribution in [0.2, 0.25) is 5.04 Å². The lowest BCUT2D eigenvalue weighted by molar-refractivity contribution is -0.133. The van der Waals surface area contributed by atoms with Gasteiger partial charge in [-0.05, 0) is 45.9 Å². The predicted octanol–water partition coefficient (Wildman–Crippen LogP) is 5.09. The molecule has 4 aromatic carbocycles. The number of nitrogens with zero attached hydrogens (tertiary/aromatic N) is 1. The highest BCUT2D eigenvalue weighted by molar-refractivity contribution is 7.86. The van der Waals surface area contributed by atoms with E-state index in [-0.39, 0.29) is 30.4 Å². The summed E-state index contributed by atoms with van der Waals surface area (Å²) in [5, 5.41) is 4.91. The number of nitrogens with one attached hydrogen (secondary N) is 1. The Morgan fingerprint density at radius 1 is 0.889 bits per heavy atom. The molecule has 0 aromatic heterocycles. The molecule has 1 fully saturated rings. The van der Waals surface area contributed by atoms with Gasteiger partial charge in [-0.25, -0.2) is 0 Å². The summed E-state index contributed by atoms with van der Waals surface area (Å²) in [4.78, 5) is 30.0. The average molecular weight is 773 g/mol. The summed E-state index contributed by atoms with van der Waals surface area (Å²) in [5.74, 6) is 0.248. The molecule has 0 radical (unpaired) electrons. The van der Waals surface area contributed by atoms with Gasteiger partial charge in [-0.3, -0.25) is 13.8 Å². The molecule has 4 aromatic rings. The first-order valence-corrected chi connectivity index (χ1v) is 21.9. The standard InChI is InChI=1S/C42H52N2O8SSi/c1-42(2,3)54(36-18-12-8-13-19-36,37-20-14-9-15-21-37)51-30-34(43-40(45)39(52-53(6,47)48)26-31-16-10-7-11-17-31)27-32-24-25-44(41(32)46)29-33-22-23-35(49-4)28-38(33)50-5/h7-23,28,32,34,39H,24-27,29-30H2,1-6H3,(H,43,45)/t32-,34+,39-/m1/s1. The second kappa shape index (κ2) is 17.8. The second-order valence-corrected chi connectivity index (χ2v) is 20.7. The van der Waals surface area contributed by atoms with Gasteiger partial charge in [0, 0.05) is 37.1 Å². The van der Waals surface area contributed by atoms with Crippen LogP contribution in [0.15, 0.2) is 109 Å². The fourth-order valence-corrected chi connectivity index (χ4v) is 12.6. The molecule has 5 rings (SSSR count). The molecule has 288 valence electrons. The lowest BCUT2D eigenvalue weighted by Crippen LogP contribution is -2.67. The fraction of sp³-hybridized carbons (Fsp3) is 0.381. The molecule has 10 nitrogen and oxygen atoms in total. The third-order valence-electron chi connectivity index (χ3n) is 9.94. The monoisotopic (exact) mass is 772 g/mol. The summed E-state index contributed by atoms with van der Waals surface area (Å²) >= 11 is 0. The summed E-state index contributed by atoms with van der Waals surface area (Å²) in [6, 6.07) is 34.4. The summed E-state index contributed by atoms with van der Waals surface area (Å²) in [5.41, 5.74) is 1.60. The minimum Gasteiger partial charge on any atom is -0.497 e. The van der Waals surface area contributed by atoms with Gasteiger partial charge in [0.25, 0.3) is 24.3 Å². The SMILES string of the molecule is COc1ccc(CN2CC[C@H](C[C@@H](CO[Si](c3ccccc3)(c3ccccc3)C(C)(C)C)NC(=O)[C@@H](Cc3ccccc3)OS(C)(=O)=O)C2=O)c(OC)c1. The van der Waals surface area contributed by atoms with E-state index in [2.05, 4.69) is 50.4 Å². The van der Waals surface area contributed by atoms with Crippen molar-refractivity contribution < 1.29 is 36.1 Å². The van der Waals surface area contributed by atoms with E-state index < -0.39 is 42.4 Å². The first-order valence-electron chi connectivity index (χ1n) is 18.2. The van der Waals surface area contributed by atoms with Crippen LogP contribution in [0, 0.1) is 5.92 Å². The molecule has 0 aliphatic carbocycles. The number of ether oxygens (including phenoxy) is 2. The number of carbonyl (C=O) groups excluding carboxylic acids is 2. The molecule has 1 saturated heterocycles. The van der Waals surface area contributed by atoms with Gasteiger partial charge in [-0.2, -0.15) is 8.42 Å². The maximum atomic E-state index is 14.1. The van der Waals surface area contributed by atoms with Gasteiger partial charge in [-0.1, -0.05) is 112 Å². The molecule has 0 spiro atoms. The van der Waals surface area contributed by atoms with Gasteiger partial charge in [-0.15, -0.1) is 0 Å². The number of rotatable bonds is 17. The van der Waals surface area contributed by atoms with Crippen LogP contribution in [0.1, 0.15) is 44.7 Å². The van der Waals surface area contributed by atoms with Crippen LogP contribution in [0.3, 0.4) is 0 Å². The lowest BCUT2D eigenvalue weighted by atomic mass is 9.98. The van der Waals surface area contributed by atoms with E-state index >= 15 is 0 Å². The molecule has 1 aliphatic heterocycles. The number of hydrogen-bond acceptors (Lipinski definition) is 8. The van der Waals surface area contributed by atoms with E-state index in [0.717, 1.165) is 27.8 Å². The maximum Gasteiger partial charge on any atom is 0.265 e. The quantitative estimate of drug-likeness (QED) is 0.117. The Morgan fingerprint density at radius 3 is 2.02 bits per heavy atom. The van der Waals surface area contributed by atoms with Crippen molar-refractivity contribution in [2.24, 2.45) is 5.92 Å². The van der Waals surface area contributed by atoms with Gasteiger partial charge in [0.2, 0.25) is 5.91 Å². The number of likely N-dealkylation sites (tertiary alicyclic amines) is 1. The van der Waals surface area contributed by atoms with Crippen LogP contribution in [-0.2, 0) is 41.3 Å². The fourth-order valence-electron chi connectivity index (χ4n) is 7.37. The maximum absolute atomic E-state index is 14.1. The highest BCUT2D eigenvalue weighted by Crippen LogP contribution is 2.37. The van der Waals surface area contributed by atoms with Crippen LogP contribution in [0.4, 0.5) is 0 Å². The van der Waals surface area contributed by atoms with Crippen LogP contribution in [0.5, 0.6) is 11.5 Å². The Bertz CT molecular complexity index is 1920. The smallest absolute Gasteiger partial charge is 0.265 e. The van der Waals surface area contributed by atoms with E-state index in [1.54, 1.807) is 20.3 Å². The van der Waals surface area contributed by atoms with Crippen molar-refractivity contribution in [1.82, 2.24) is 10.2 Å². The number of amides is 2. The molecule has 12 heteroatoms. The molecule has 1 aliphatic rings. The predicted molar refractivity (Wildman–Crippen MR) is 213 cm³/mol. The Hall–Kier alpha value is -4.49. The van der Waals surface area contributed by atoms with Gasteiger partial charge in [0.1, 0.15) is 11.5 Å². The van der Waals surface area contributed by atoms with E-state index in [0.29, 0.717) is 31.0 Å². The van der Waals surface area contributed by atoms with Crippen LogP contribution in [-0.4, -0.2) is 79.2 Å². The van der Waals surface area contributed by atoms with Crippen LogP contribution < -0.4 is 25.2 Å². The van der Waals surface area contributed by atoms with E-state index in [4.69, 9.17) is 18.1 Å². The molecule has 3 atom stereocenters. The van der Waals surface area contributed by atoms with Gasteiger partial charge < -0.3 is 24.1 Å². The van der Waals surface area contributed by atoms with E-state index in [1.165, 1.54) is 0 Å². The summed E-state index contributed by atoms with van der Waals surface area (Å²) in [6.45, 7) is 7.51. The Kier molecular flexibility index (Phi) is 13.4. The van der Waals surface area contributed by atoms with Gasteiger partial charge in [0.15, 0.2) is 6.10 Å². The van der Waals surface area contributed by atoms with Gasteiger partial charge in [0.05, 0.1) is 33.1 Å². The van der Waals surface area contributed by atoms with Crippen LogP contribution in [0.25, 0.3) is 0 Å². The third kappa shape index (κ3) is 9.97. The summed E-state index contributed by atoms with van der Waals surface area (Å²) < 4.78 is 48.4. The topological polar surface area (TPSA) is 120 Å². The molecule has 0 saturated carbocycles. The zero-order chi connectivity index (χ0) is 38.9. The minimum absolute atomic E-state index is 0.0363. The Morgan fingerprint density at radius 2 is 1.48 bits per heavy atom. The average Bonchev–Trinajstić information content (AvgIpc) is 3.49. The van der Waals surface area contributed by atoms with Gasteiger partial charge >= 0.3 is 0 Å². The van der Waals surface area contributed by atoms with Crippen molar-refractivity contribution in [3.8, 4) is 11.5 Å². The highest BCUT2D eigenvalue weighted by Gasteiger charge is 2.50. The second-order valence-electron chi connectivity index (χ2n) is 14.8. The molecule has 2 amide bonds. The van der Waals surface area contributed by atoms with Crippen molar-refractivity contribution in [3.05, 3.63) is 120 Å². The molecule has 1 N–H and O–H groups in total. The third-order valence-corrected chi connectivity index (χ3v) is 15.5. The van der Waals surface area contributed by atoms with Crippen LogP contribution >= 0.6 is 0 Å². The Balaban J connectivity index is 1.46. The summed E-state index contributed by atoms with van der Waals surface area (Å²) in [7, 11) is -3.86. The molecule has 0 bridgehead atoms. The molecule has 54 heavy (non-hydrogen) atoms. The minimum atomic E-state index is -3.99. The molecule has 0 unspecified atom stereocenters. The van der Waals surface area contributed by atoms with Crippen molar-refractivity contribution in [2.75, 3.05) is 33.6 Å². The molecular formula is C42H52N2O8SSi. The first kappa shape index (κ1) is 40.7. The zero-order valence-corrected chi connectivity index (χ0v) is 33.8. The van der Waals surface area contributed by atoms with Crippen molar-refractivity contribution in [2.45, 2.75) is 63.8 Å². The lowest BCUT2D eigenvalue weighted by Gasteiger charge is -2.44. The highest BCUT2D eigenvalue weighted by atomic mass is 32.2. The zero-order valence-electron chi connectivity index (χ0n) is 32.0. The first-order chi connectivity index (χ1) is 25.7.